The highest BCUT2D eigenvalue weighted by atomic mass is 16.3. The van der Waals surface area contributed by atoms with Gasteiger partial charge in [0.1, 0.15) is 11.2 Å². The predicted octanol–water partition coefficient (Wildman–Crippen LogP) is 13.2. The molecule has 0 fully saturated rings. The second-order valence-corrected chi connectivity index (χ2v) is 14.2. The number of fused-ring (bicyclic) bond motifs is 6. The van der Waals surface area contributed by atoms with Crippen molar-refractivity contribution in [2.75, 3.05) is 0 Å². The summed E-state index contributed by atoms with van der Waals surface area (Å²) in [6, 6.07) is 60.4. The summed E-state index contributed by atoms with van der Waals surface area (Å²) in [5, 5.41) is 10.7. The molecule has 1 aliphatic rings. The van der Waals surface area contributed by atoms with Gasteiger partial charge in [0.25, 0.3) is 0 Å². The van der Waals surface area contributed by atoms with Gasteiger partial charge in [-0.15, -0.1) is 0 Å². The molecule has 2 heteroatoms. The fraction of sp³-hybridized carbons (Fsp3) is 0.0800. The number of hydrogen-bond donors (Lipinski definition) is 1. The molecule has 0 amide bonds. The Morgan fingerprint density at radius 2 is 1.15 bits per heavy atom. The fourth-order valence-electron chi connectivity index (χ4n) is 8.44. The lowest BCUT2D eigenvalue weighted by Gasteiger charge is -2.28. The van der Waals surface area contributed by atoms with Crippen molar-refractivity contribution in [3.05, 3.63) is 198 Å². The average molecular weight is 668 g/mol. The van der Waals surface area contributed by atoms with E-state index in [4.69, 9.17) is 4.42 Å². The van der Waals surface area contributed by atoms with Gasteiger partial charge < -0.3 is 9.73 Å². The lowest BCUT2D eigenvalue weighted by molar-refractivity contribution is 0.655. The Bertz CT molecular complexity index is 2820. The van der Waals surface area contributed by atoms with Crippen LogP contribution in [0.15, 0.2) is 174 Å². The first kappa shape index (κ1) is 30.4. The van der Waals surface area contributed by atoms with E-state index in [0.29, 0.717) is 0 Å². The minimum atomic E-state index is 0.101. The highest BCUT2D eigenvalue weighted by Gasteiger charge is 2.26. The van der Waals surface area contributed by atoms with E-state index in [0.717, 1.165) is 23.1 Å². The lowest BCUT2D eigenvalue weighted by Crippen LogP contribution is -2.11. The first-order valence-corrected chi connectivity index (χ1v) is 18.2. The summed E-state index contributed by atoms with van der Waals surface area (Å²) in [7, 11) is 0. The maximum Gasteiger partial charge on any atom is 0.136 e. The summed E-state index contributed by atoms with van der Waals surface area (Å²) < 4.78 is 6.46. The van der Waals surface area contributed by atoms with Crippen LogP contribution >= 0.6 is 0 Å². The van der Waals surface area contributed by atoms with Gasteiger partial charge in [-0.2, -0.15) is 0 Å². The topological polar surface area (TPSA) is 25.2 Å². The van der Waals surface area contributed by atoms with E-state index < -0.39 is 0 Å². The summed E-state index contributed by atoms with van der Waals surface area (Å²) in [6.07, 6.45) is 4.14. The first-order valence-electron chi connectivity index (χ1n) is 18.2. The second-order valence-electron chi connectivity index (χ2n) is 14.2. The molecule has 52 heavy (non-hydrogen) atoms. The van der Waals surface area contributed by atoms with E-state index in [-0.39, 0.29) is 11.8 Å². The molecule has 1 aromatic heterocycles. The highest BCUT2D eigenvalue weighted by Crippen LogP contribution is 2.44. The van der Waals surface area contributed by atoms with Crippen molar-refractivity contribution >= 4 is 49.6 Å². The molecule has 0 spiro atoms. The molecular formula is C50H37NO. The van der Waals surface area contributed by atoms with E-state index in [1.165, 1.54) is 77.0 Å². The van der Waals surface area contributed by atoms with Crippen LogP contribution < -0.4 is 5.32 Å². The van der Waals surface area contributed by atoms with Gasteiger partial charge in [-0.1, -0.05) is 134 Å². The normalized spacial score (nSPS) is 13.7. The summed E-state index contributed by atoms with van der Waals surface area (Å²) >= 11 is 0. The Morgan fingerprint density at radius 3 is 1.94 bits per heavy atom. The highest BCUT2D eigenvalue weighted by molar-refractivity contribution is 6.06. The van der Waals surface area contributed by atoms with Crippen LogP contribution in [0.1, 0.15) is 46.6 Å². The minimum absolute atomic E-state index is 0.101. The van der Waals surface area contributed by atoms with Crippen molar-refractivity contribution < 1.29 is 4.42 Å². The number of benzene rings is 8. The van der Waals surface area contributed by atoms with E-state index >= 15 is 0 Å². The van der Waals surface area contributed by atoms with Crippen LogP contribution in [0, 0.1) is 0 Å². The van der Waals surface area contributed by atoms with E-state index in [9.17, 15) is 0 Å². The van der Waals surface area contributed by atoms with Crippen molar-refractivity contribution in [2.24, 2.45) is 0 Å². The standard InChI is InChI=1S/C50H37NO/c1-32(44-12-6-7-13-45(44)41-21-17-34-9-3-5-11-38(34)27-41)50(36-18-14-35(15-19-36)39-20-16-33-8-2-4-10-37(33)26-39)42-22-23-48-46(28-42)47-29-43-31-51-25-24-40(43)30-49(47)52-48/h2-30,32,50-51H,31H2,1H3/t32-,50?/m0/s1. The maximum absolute atomic E-state index is 6.46. The fourth-order valence-corrected chi connectivity index (χ4v) is 8.44. The molecule has 0 saturated carbocycles. The zero-order chi connectivity index (χ0) is 34.6. The summed E-state index contributed by atoms with van der Waals surface area (Å²) in [4.78, 5) is 0. The Morgan fingerprint density at radius 1 is 0.519 bits per heavy atom. The Balaban J connectivity index is 1.11. The molecule has 1 unspecified atom stereocenters. The van der Waals surface area contributed by atoms with Crippen molar-refractivity contribution in [3.63, 3.8) is 0 Å². The van der Waals surface area contributed by atoms with E-state index in [1.807, 2.05) is 6.20 Å². The number of hydrogen-bond acceptors (Lipinski definition) is 2. The molecule has 2 heterocycles. The number of nitrogens with one attached hydrogen (secondary N) is 1. The summed E-state index contributed by atoms with van der Waals surface area (Å²) in [5.41, 5.74) is 13.3. The predicted molar refractivity (Wildman–Crippen MR) is 219 cm³/mol. The summed E-state index contributed by atoms with van der Waals surface area (Å²) in [6.45, 7) is 3.22. The largest absolute Gasteiger partial charge is 0.456 e. The third kappa shape index (κ3) is 5.27. The molecule has 1 aliphatic heterocycles. The SMILES string of the molecule is C[C@@H](c1ccccc1-c1ccc2ccccc2c1)C(c1ccc(-c2ccc3ccccc3c2)cc1)c1ccc2oc3cc4c(cc3c2c1)CNC=C4. The molecule has 10 rings (SSSR count). The molecule has 1 N–H and O–H groups in total. The molecule has 0 aliphatic carbocycles. The smallest absolute Gasteiger partial charge is 0.136 e. The zero-order valence-corrected chi connectivity index (χ0v) is 29.0. The van der Waals surface area contributed by atoms with Crippen LogP contribution in [-0.4, -0.2) is 0 Å². The van der Waals surface area contributed by atoms with E-state index in [1.54, 1.807) is 0 Å². The van der Waals surface area contributed by atoms with Gasteiger partial charge in [0.2, 0.25) is 0 Å². The van der Waals surface area contributed by atoms with Crippen LogP contribution in [0.3, 0.4) is 0 Å². The molecule has 0 radical (unpaired) electrons. The van der Waals surface area contributed by atoms with Crippen LogP contribution in [0.5, 0.6) is 0 Å². The van der Waals surface area contributed by atoms with Crippen molar-refractivity contribution in [2.45, 2.75) is 25.3 Å². The second kappa shape index (κ2) is 12.4. The van der Waals surface area contributed by atoms with Gasteiger partial charge in [0.05, 0.1) is 0 Å². The van der Waals surface area contributed by atoms with Crippen LogP contribution in [0.2, 0.25) is 0 Å². The van der Waals surface area contributed by atoms with Gasteiger partial charge in [-0.05, 0) is 126 Å². The summed E-state index contributed by atoms with van der Waals surface area (Å²) in [5.74, 6) is 0.274. The molecule has 2 nitrogen and oxygen atoms in total. The van der Waals surface area contributed by atoms with Crippen LogP contribution in [0.4, 0.5) is 0 Å². The average Bonchev–Trinajstić information content (AvgIpc) is 3.56. The van der Waals surface area contributed by atoms with Gasteiger partial charge >= 0.3 is 0 Å². The van der Waals surface area contributed by atoms with Crippen molar-refractivity contribution in [3.8, 4) is 22.3 Å². The third-order valence-corrected chi connectivity index (χ3v) is 11.2. The molecule has 9 aromatic rings. The first-order chi connectivity index (χ1) is 25.7. The number of furan rings is 1. The zero-order valence-electron chi connectivity index (χ0n) is 29.0. The van der Waals surface area contributed by atoms with Gasteiger partial charge in [-0.3, -0.25) is 0 Å². The van der Waals surface area contributed by atoms with Gasteiger partial charge in [0.15, 0.2) is 0 Å². The van der Waals surface area contributed by atoms with Gasteiger partial charge in [0, 0.05) is 23.2 Å². The quantitative estimate of drug-likeness (QED) is 0.191. The van der Waals surface area contributed by atoms with Crippen molar-refractivity contribution in [1.29, 1.82) is 0 Å². The van der Waals surface area contributed by atoms with Gasteiger partial charge in [-0.25, -0.2) is 0 Å². The molecule has 0 saturated heterocycles. The Hall–Kier alpha value is -6.38. The van der Waals surface area contributed by atoms with E-state index in [2.05, 4.69) is 182 Å². The molecule has 8 aromatic carbocycles. The van der Waals surface area contributed by atoms with Crippen molar-refractivity contribution in [1.82, 2.24) is 5.32 Å². The van der Waals surface area contributed by atoms with Crippen LogP contribution in [0.25, 0.3) is 71.8 Å². The molecule has 2 atom stereocenters. The maximum atomic E-state index is 6.46. The molecule has 0 bridgehead atoms. The lowest BCUT2D eigenvalue weighted by atomic mass is 9.75. The molecule has 248 valence electrons. The van der Waals surface area contributed by atoms with Crippen LogP contribution in [-0.2, 0) is 6.54 Å². The third-order valence-electron chi connectivity index (χ3n) is 11.2. The minimum Gasteiger partial charge on any atom is -0.456 e. The monoisotopic (exact) mass is 667 g/mol. The number of rotatable bonds is 6. The Labute approximate surface area is 303 Å². The molecular weight excluding hydrogens is 631 g/mol. The Kier molecular flexibility index (Phi) is 7.28.